The fourth-order valence-corrected chi connectivity index (χ4v) is 4.73. The highest BCUT2D eigenvalue weighted by molar-refractivity contribution is 5.97. The first-order valence-electron chi connectivity index (χ1n) is 13.3. The van der Waals surface area contributed by atoms with Crippen molar-refractivity contribution in [3.8, 4) is 0 Å². The standard InChI is InChI=1S/C30H32F3N5O3/c1-21(2)37-16-12-26(13-17-37)38(19-25-4-3-5-28(36-25)35-24-10-14-34-15-11-24)29(40)27(41-20-39)18-22-6-8-23(9-7-22)30(31,32)33/h3-11,14-15,18,20-21,26H,12-13,16-17,19H2,1-2H3,(H,34,35,36)/b27-18+. The number of carbonyl (C=O) groups is 2. The summed E-state index contributed by atoms with van der Waals surface area (Å²) in [4.78, 5) is 37.9. The van der Waals surface area contributed by atoms with Crippen molar-refractivity contribution in [3.05, 3.63) is 89.6 Å². The normalized spacial score (nSPS) is 15.0. The summed E-state index contributed by atoms with van der Waals surface area (Å²) in [5, 5.41) is 3.21. The summed E-state index contributed by atoms with van der Waals surface area (Å²) in [7, 11) is 0. The molecular formula is C30H32F3N5O3. The van der Waals surface area contributed by atoms with E-state index in [1.54, 1.807) is 23.4 Å². The van der Waals surface area contributed by atoms with Gasteiger partial charge in [0.2, 0.25) is 0 Å². The average molecular weight is 568 g/mol. The van der Waals surface area contributed by atoms with E-state index in [9.17, 15) is 22.8 Å². The minimum absolute atomic E-state index is 0.142. The molecule has 2 aromatic heterocycles. The van der Waals surface area contributed by atoms with Gasteiger partial charge in [-0.15, -0.1) is 0 Å². The van der Waals surface area contributed by atoms with Gasteiger partial charge in [0.1, 0.15) is 5.82 Å². The third-order valence-electron chi connectivity index (χ3n) is 6.94. The molecule has 3 heterocycles. The molecule has 1 N–H and O–H groups in total. The first kappa shape index (κ1) is 29.7. The number of aromatic nitrogens is 2. The highest BCUT2D eigenvalue weighted by atomic mass is 19.4. The van der Waals surface area contributed by atoms with Crippen molar-refractivity contribution >= 4 is 30.0 Å². The third-order valence-corrected chi connectivity index (χ3v) is 6.94. The molecule has 0 bridgehead atoms. The van der Waals surface area contributed by atoms with Crippen molar-refractivity contribution in [2.24, 2.45) is 0 Å². The maximum absolute atomic E-state index is 13.9. The predicted octanol–water partition coefficient (Wildman–Crippen LogP) is 5.65. The second-order valence-electron chi connectivity index (χ2n) is 10.0. The number of alkyl halides is 3. The molecule has 0 unspecified atom stereocenters. The Kier molecular flexibility index (Phi) is 9.72. The zero-order valence-electron chi connectivity index (χ0n) is 22.8. The first-order valence-corrected chi connectivity index (χ1v) is 13.3. The minimum atomic E-state index is -4.49. The smallest absolute Gasteiger partial charge is 0.416 e. The highest BCUT2D eigenvalue weighted by Crippen LogP contribution is 2.30. The van der Waals surface area contributed by atoms with Gasteiger partial charge in [-0.2, -0.15) is 13.2 Å². The molecule has 0 radical (unpaired) electrons. The molecular weight excluding hydrogens is 535 g/mol. The maximum Gasteiger partial charge on any atom is 0.416 e. The van der Waals surface area contributed by atoms with E-state index in [4.69, 9.17) is 4.74 Å². The lowest BCUT2D eigenvalue weighted by Gasteiger charge is -2.40. The summed E-state index contributed by atoms with van der Waals surface area (Å²) in [6, 6.07) is 13.5. The summed E-state index contributed by atoms with van der Waals surface area (Å²) in [6.07, 6.45) is 1.51. The Labute approximate surface area is 236 Å². The van der Waals surface area contributed by atoms with Gasteiger partial charge in [0.25, 0.3) is 12.4 Å². The lowest BCUT2D eigenvalue weighted by atomic mass is 10.0. The Morgan fingerprint density at radius 1 is 1.10 bits per heavy atom. The number of amides is 1. The zero-order chi connectivity index (χ0) is 29.4. The van der Waals surface area contributed by atoms with Crippen LogP contribution in [-0.2, 0) is 27.0 Å². The number of anilines is 2. The molecule has 0 atom stereocenters. The van der Waals surface area contributed by atoms with Gasteiger partial charge in [-0.1, -0.05) is 18.2 Å². The number of nitrogens with zero attached hydrogens (tertiary/aromatic N) is 4. The molecule has 11 heteroatoms. The maximum atomic E-state index is 13.9. The Bertz CT molecular complexity index is 1340. The molecule has 1 saturated heterocycles. The van der Waals surface area contributed by atoms with Gasteiger partial charge < -0.3 is 19.9 Å². The van der Waals surface area contributed by atoms with Crippen LogP contribution in [0.4, 0.5) is 24.7 Å². The van der Waals surface area contributed by atoms with Crippen LogP contribution >= 0.6 is 0 Å². The van der Waals surface area contributed by atoms with Gasteiger partial charge in [0.15, 0.2) is 5.76 Å². The number of pyridine rings is 2. The van der Waals surface area contributed by atoms with Gasteiger partial charge in [-0.05, 0) is 74.7 Å². The number of ether oxygens (including phenoxy) is 1. The van der Waals surface area contributed by atoms with E-state index in [2.05, 4.69) is 34.0 Å². The first-order chi connectivity index (χ1) is 19.6. The van der Waals surface area contributed by atoms with Crippen molar-refractivity contribution in [1.29, 1.82) is 0 Å². The topological polar surface area (TPSA) is 87.7 Å². The molecule has 3 aromatic rings. The molecule has 0 saturated carbocycles. The fraction of sp³-hybridized carbons (Fsp3) is 0.333. The molecule has 0 aliphatic carbocycles. The molecule has 4 rings (SSSR count). The SMILES string of the molecule is CC(C)N1CCC(N(Cc2cccc(Nc3ccncc3)n2)C(=O)/C(=C\c2ccc(C(F)(F)F)cc2)OC=O)CC1. The second-order valence-corrected chi connectivity index (χ2v) is 10.0. The van der Waals surface area contributed by atoms with Crippen LogP contribution in [0, 0.1) is 0 Å². The number of piperidine rings is 1. The van der Waals surface area contributed by atoms with Gasteiger partial charge >= 0.3 is 6.18 Å². The molecule has 216 valence electrons. The quantitative estimate of drug-likeness (QED) is 0.192. The van der Waals surface area contributed by atoms with Crippen LogP contribution in [0.2, 0.25) is 0 Å². The Morgan fingerprint density at radius 2 is 1.78 bits per heavy atom. The Balaban J connectivity index is 1.62. The van der Waals surface area contributed by atoms with Gasteiger partial charge in [0, 0.05) is 43.3 Å². The summed E-state index contributed by atoms with van der Waals surface area (Å²) in [5.74, 6) is -0.244. The molecule has 1 aliphatic rings. The average Bonchev–Trinajstić information content (AvgIpc) is 2.96. The van der Waals surface area contributed by atoms with Crippen molar-refractivity contribution in [3.63, 3.8) is 0 Å². The molecule has 8 nitrogen and oxygen atoms in total. The van der Waals surface area contributed by atoms with Crippen LogP contribution in [0.5, 0.6) is 0 Å². The molecule has 0 spiro atoms. The van der Waals surface area contributed by atoms with Crippen molar-refractivity contribution in [2.75, 3.05) is 18.4 Å². The third kappa shape index (κ3) is 8.14. The van der Waals surface area contributed by atoms with E-state index < -0.39 is 17.6 Å². The van der Waals surface area contributed by atoms with Crippen LogP contribution in [0.1, 0.15) is 43.5 Å². The molecule has 1 aromatic carbocycles. The summed E-state index contributed by atoms with van der Waals surface area (Å²) < 4.78 is 44.1. The van der Waals surface area contributed by atoms with Gasteiger partial charge in [-0.3, -0.25) is 14.6 Å². The molecule has 41 heavy (non-hydrogen) atoms. The van der Waals surface area contributed by atoms with E-state index in [-0.39, 0.29) is 24.8 Å². The number of benzene rings is 1. The highest BCUT2D eigenvalue weighted by Gasteiger charge is 2.32. The lowest BCUT2D eigenvalue weighted by molar-refractivity contribution is -0.139. The van der Waals surface area contributed by atoms with E-state index in [0.29, 0.717) is 36.0 Å². The van der Waals surface area contributed by atoms with Crippen molar-refractivity contribution < 1.29 is 27.5 Å². The van der Waals surface area contributed by atoms with Crippen molar-refractivity contribution in [2.45, 2.75) is 51.5 Å². The Morgan fingerprint density at radius 3 is 2.39 bits per heavy atom. The van der Waals surface area contributed by atoms with Crippen LogP contribution in [0.25, 0.3) is 6.08 Å². The number of hydrogen-bond acceptors (Lipinski definition) is 7. The van der Waals surface area contributed by atoms with E-state index in [1.807, 2.05) is 24.3 Å². The van der Waals surface area contributed by atoms with Crippen LogP contribution in [0.15, 0.2) is 72.8 Å². The van der Waals surface area contributed by atoms with Crippen LogP contribution < -0.4 is 5.32 Å². The summed E-state index contributed by atoms with van der Waals surface area (Å²) in [5.41, 5.74) is 0.895. The zero-order valence-corrected chi connectivity index (χ0v) is 22.8. The lowest BCUT2D eigenvalue weighted by Crippen LogP contribution is -2.49. The van der Waals surface area contributed by atoms with Crippen molar-refractivity contribution in [1.82, 2.24) is 19.8 Å². The number of nitrogens with one attached hydrogen (secondary N) is 1. The van der Waals surface area contributed by atoms with Crippen LogP contribution in [-0.4, -0.2) is 57.3 Å². The number of likely N-dealkylation sites (tertiary alicyclic amines) is 1. The van der Waals surface area contributed by atoms with E-state index >= 15 is 0 Å². The Hall–Kier alpha value is -4.25. The van der Waals surface area contributed by atoms with Gasteiger partial charge in [0.05, 0.1) is 17.8 Å². The van der Waals surface area contributed by atoms with Crippen LogP contribution in [0.3, 0.4) is 0 Å². The minimum Gasteiger partial charge on any atom is -0.423 e. The predicted molar refractivity (Wildman–Crippen MR) is 149 cm³/mol. The molecule has 1 aliphatic heterocycles. The molecule has 1 fully saturated rings. The number of rotatable bonds is 10. The molecule has 1 amide bonds. The van der Waals surface area contributed by atoms with E-state index in [1.165, 1.54) is 18.2 Å². The summed E-state index contributed by atoms with van der Waals surface area (Å²) >= 11 is 0. The number of hydrogen-bond donors (Lipinski definition) is 1. The van der Waals surface area contributed by atoms with E-state index in [0.717, 1.165) is 30.9 Å². The largest absolute Gasteiger partial charge is 0.423 e. The number of carbonyl (C=O) groups excluding carboxylic acids is 2. The summed E-state index contributed by atoms with van der Waals surface area (Å²) in [6.45, 7) is 6.11. The fourth-order valence-electron chi connectivity index (χ4n) is 4.73. The monoisotopic (exact) mass is 567 g/mol. The van der Waals surface area contributed by atoms with Gasteiger partial charge in [-0.25, -0.2) is 4.98 Å². The number of halogens is 3. The second kappa shape index (κ2) is 13.4.